The quantitative estimate of drug-likeness (QED) is 0.825. The fourth-order valence-corrected chi connectivity index (χ4v) is 2.50. The number of aromatic nitrogens is 1. The summed E-state index contributed by atoms with van der Waals surface area (Å²) in [5, 5.41) is 1.01. The Bertz CT molecular complexity index is 623. The summed E-state index contributed by atoms with van der Waals surface area (Å²) in [6, 6.07) is 7.82. The molecule has 0 aliphatic carbocycles. The van der Waals surface area contributed by atoms with Gasteiger partial charge in [0.1, 0.15) is 0 Å². The average Bonchev–Trinajstić information content (AvgIpc) is 2.69. The van der Waals surface area contributed by atoms with Crippen molar-refractivity contribution in [2.45, 2.75) is 19.4 Å². The van der Waals surface area contributed by atoms with Crippen molar-refractivity contribution in [3.8, 4) is 0 Å². The first-order chi connectivity index (χ1) is 8.66. The summed E-state index contributed by atoms with van der Waals surface area (Å²) >= 11 is 0. The van der Waals surface area contributed by atoms with Gasteiger partial charge in [-0.2, -0.15) is 0 Å². The predicted octanol–water partition coefficient (Wildman–Crippen LogP) is 1.61. The molecular formula is C14H15N3O. The van der Waals surface area contributed by atoms with Crippen LogP contribution in [-0.4, -0.2) is 23.5 Å². The molecule has 1 atom stereocenters. The van der Waals surface area contributed by atoms with Crippen LogP contribution in [-0.2, 0) is 4.79 Å². The van der Waals surface area contributed by atoms with E-state index >= 15 is 0 Å². The van der Waals surface area contributed by atoms with Gasteiger partial charge in [0.15, 0.2) is 0 Å². The Morgan fingerprint density at radius 1 is 1.39 bits per heavy atom. The summed E-state index contributed by atoms with van der Waals surface area (Å²) in [5.41, 5.74) is 8.83. The molecule has 0 bridgehead atoms. The molecule has 1 aromatic carbocycles. The van der Waals surface area contributed by atoms with E-state index in [-0.39, 0.29) is 11.9 Å². The zero-order valence-corrected chi connectivity index (χ0v) is 10.3. The lowest BCUT2D eigenvalue weighted by Gasteiger charge is -2.18. The van der Waals surface area contributed by atoms with E-state index in [9.17, 15) is 4.79 Å². The lowest BCUT2D eigenvalue weighted by molar-refractivity contribution is -0.117. The fourth-order valence-electron chi connectivity index (χ4n) is 2.50. The van der Waals surface area contributed by atoms with E-state index in [2.05, 4.69) is 4.98 Å². The Hall–Kier alpha value is -1.94. The van der Waals surface area contributed by atoms with Crippen LogP contribution in [0.25, 0.3) is 10.9 Å². The van der Waals surface area contributed by atoms with Gasteiger partial charge in [0.25, 0.3) is 0 Å². The summed E-state index contributed by atoms with van der Waals surface area (Å²) in [6.07, 6.45) is 2.20. The molecule has 92 valence electrons. The highest BCUT2D eigenvalue weighted by molar-refractivity contribution is 6.05. The molecular weight excluding hydrogens is 226 g/mol. The summed E-state index contributed by atoms with van der Waals surface area (Å²) < 4.78 is 0. The van der Waals surface area contributed by atoms with Crippen LogP contribution in [0.1, 0.15) is 12.0 Å². The van der Waals surface area contributed by atoms with Crippen LogP contribution in [0.15, 0.2) is 30.5 Å². The lowest BCUT2D eigenvalue weighted by Crippen LogP contribution is -2.28. The molecule has 1 unspecified atom stereocenters. The third kappa shape index (κ3) is 1.66. The minimum Gasteiger partial charge on any atom is -0.326 e. The van der Waals surface area contributed by atoms with E-state index in [1.165, 1.54) is 0 Å². The molecule has 4 nitrogen and oxygen atoms in total. The van der Waals surface area contributed by atoms with E-state index in [0.29, 0.717) is 13.0 Å². The molecule has 1 aliphatic heterocycles. The van der Waals surface area contributed by atoms with E-state index in [0.717, 1.165) is 22.2 Å². The number of carbonyl (C=O) groups excluding carboxylic acids is 1. The van der Waals surface area contributed by atoms with E-state index in [1.54, 1.807) is 11.1 Å². The van der Waals surface area contributed by atoms with Gasteiger partial charge in [0.2, 0.25) is 5.91 Å². The SMILES string of the molecule is Cc1ccc(N2CC(N)CC2=O)c2cccnc12. The molecule has 1 aromatic heterocycles. The Labute approximate surface area is 105 Å². The van der Waals surface area contributed by atoms with E-state index in [1.807, 2.05) is 31.2 Å². The Morgan fingerprint density at radius 2 is 2.22 bits per heavy atom. The van der Waals surface area contributed by atoms with Gasteiger partial charge in [0.05, 0.1) is 11.2 Å². The van der Waals surface area contributed by atoms with Crippen molar-refractivity contribution in [3.05, 3.63) is 36.0 Å². The molecule has 0 saturated carbocycles. The molecule has 0 spiro atoms. The number of nitrogens with zero attached hydrogens (tertiary/aromatic N) is 2. The van der Waals surface area contributed by atoms with Crippen LogP contribution in [0, 0.1) is 6.92 Å². The molecule has 2 aromatic rings. The number of benzene rings is 1. The van der Waals surface area contributed by atoms with Crippen molar-refractivity contribution in [2.75, 3.05) is 11.4 Å². The van der Waals surface area contributed by atoms with Gasteiger partial charge in [-0.15, -0.1) is 0 Å². The maximum Gasteiger partial charge on any atom is 0.228 e. The smallest absolute Gasteiger partial charge is 0.228 e. The second-order valence-electron chi connectivity index (χ2n) is 4.77. The molecule has 4 heteroatoms. The van der Waals surface area contributed by atoms with Crippen molar-refractivity contribution in [2.24, 2.45) is 5.73 Å². The number of nitrogens with two attached hydrogens (primary N) is 1. The van der Waals surface area contributed by atoms with Crippen molar-refractivity contribution in [1.82, 2.24) is 4.98 Å². The molecule has 0 radical (unpaired) electrons. The maximum atomic E-state index is 11.9. The Morgan fingerprint density at radius 3 is 2.94 bits per heavy atom. The normalized spacial score (nSPS) is 19.8. The minimum atomic E-state index is -0.0643. The van der Waals surface area contributed by atoms with Crippen LogP contribution >= 0.6 is 0 Å². The maximum absolute atomic E-state index is 11.9. The molecule has 2 heterocycles. The highest BCUT2D eigenvalue weighted by atomic mass is 16.2. The second kappa shape index (κ2) is 4.07. The van der Waals surface area contributed by atoms with Crippen molar-refractivity contribution < 1.29 is 4.79 Å². The molecule has 1 aliphatic rings. The highest BCUT2D eigenvalue weighted by Crippen LogP contribution is 2.30. The molecule has 18 heavy (non-hydrogen) atoms. The molecule has 3 rings (SSSR count). The fraction of sp³-hybridized carbons (Fsp3) is 0.286. The van der Waals surface area contributed by atoms with Gasteiger partial charge in [0, 0.05) is 30.6 Å². The number of anilines is 1. The average molecular weight is 241 g/mol. The summed E-state index contributed by atoms with van der Waals surface area (Å²) in [7, 11) is 0. The third-order valence-corrected chi connectivity index (χ3v) is 3.39. The number of hydrogen-bond acceptors (Lipinski definition) is 3. The first kappa shape index (κ1) is 11.2. The number of amides is 1. The second-order valence-corrected chi connectivity index (χ2v) is 4.77. The first-order valence-corrected chi connectivity index (χ1v) is 6.07. The van der Waals surface area contributed by atoms with Gasteiger partial charge in [-0.25, -0.2) is 0 Å². The van der Waals surface area contributed by atoms with Gasteiger partial charge in [-0.05, 0) is 30.7 Å². The third-order valence-electron chi connectivity index (χ3n) is 3.39. The minimum absolute atomic E-state index is 0.0643. The number of aryl methyl sites for hydroxylation is 1. The van der Waals surface area contributed by atoms with Crippen LogP contribution in [0.3, 0.4) is 0 Å². The summed E-state index contributed by atoms with van der Waals surface area (Å²) in [4.78, 5) is 18.1. The number of fused-ring (bicyclic) bond motifs is 1. The van der Waals surface area contributed by atoms with Crippen LogP contribution < -0.4 is 10.6 Å². The summed E-state index contributed by atoms with van der Waals surface area (Å²) in [5.74, 6) is 0.0940. The van der Waals surface area contributed by atoms with Crippen molar-refractivity contribution in [1.29, 1.82) is 0 Å². The number of hydrogen-bond donors (Lipinski definition) is 1. The lowest BCUT2D eigenvalue weighted by atomic mass is 10.1. The standard InChI is InChI=1S/C14H15N3O/c1-9-4-5-12(11-3-2-6-16-14(9)11)17-8-10(15)7-13(17)18/h2-6,10H,7-8,15H2,1H3. The van der Waals surface area contributed by atoms with Gasteiger partial charge >= 0.3 is 0 Å². The van der Waals surface area contributed by atoms with E-state index < -0.39 is 0 Å². The highest BCUT2D eigenvalue weighted by Gasteiger charge is 2.29. The largest absolute Gasteiger partial charge is 0.326 e. The van der Waals surface area contributed by atoms with Gasteiger partial charge in [-0.1, -0.05) is 6.07 Å². The monoisotopic (exact) mass is 241 g/mol. The predicted molar refractivity (Wildman–Crippen MR) is 71.4 cm³/mol. The topological polar surface area (TPSA) is 59.2 Å². The number of carbonyl (C=O) groups is 1. The number of pyridine rings is 1. The van der Waals surface area contributed by atoms with Crippen molar-refractivity contribution >= 4 is 22.5 Å². The van der Waals surface area contributed by atoms with Crippen molar-refractivity contribution in [3.63, 3.8) is 0 Å². The molecule has 1 saturated heterocycles. The van der Waals surface area contributed by atoms with Gasteiger partial charge < -0.3 is 10.6 Å². The Kier molecular flexibility index (Phi) is 2.52. The zero-order chi connectivity index (χ0) is 12.7. The Balaban J connectivity index is 2.18. The molecule has 1 fully saturated rings. The van der Waals surface area contributed by atoms with Crippen LogP contribution in [0.2, 0.25) is 0 Å². The zero-order valence-electron chi connectivity index (χ0n) is 10.3. The molecule has 2 N–H and O–H groups in total. The van der Waals surface area contributed by atoms with Crippen LogP contribution in [0.4, 0.5) is 5.69 Å². The first-order valence-electron chi connectivity index (χ1n) is 6.07. The molecule has 1 amide bonds. The van der Waals surface area contributed by atoms with E-state index in [4.69, 9.17) is 5.73 Å². The van der Waals surface area contributed by atoms with Gasteiger partial charge in [-0.3, -0.25) is 9.78 Å². The summed E-state index contributed by atoms with van der Waals surface area (Å²) in [6.45, 7) is 2.61. The number of rotatable bonds is 1. The van der Waals surface area contributed by atoms with Crippen LogP contribution in [0.5, 0.6) is 0 Å².